The lowest BCUT2D eigenvalue weighted by atomic mass is 10.1. The van der Waals surface area contributed by atoms with Crippen molar-refractivity contribution < 1.29 is 5.11 Å². The zero-order valence-electron chi connectivity index (χ0n) is 13.0. The molecule has 1 aliphatic heterocycles. The molecule has 1 N–H and O–H groups in total. The average molecular weight is 280 g/mol. The maximum absolute atomic E-state index is 9.16. The van der Waals surface area contributed by atoms with Crippen molar-refractivity contribution in [1.29, 1.82) is 0 Å². The molecule has 1 saturated heterocycles. The zero-order chi connectivity index (χ0) is 14.5. The van der Waals surface area contributed by atoms with Crippen molar-refractivity contribution in [3.05, 3.63) is 17.5 Å². The highest BCUT2D eigenvalue weighted by atomic mass is 16.3. The van der Waals surface area contributed by atoms with Crippen molar-refractivity contribution in [2.24, 2.45) is 0 Å². The van der Waals surface area contributed by atoms with Gasteiger partial charge >= 0.3 is 0 Å². The maximum atomic E-state index is 9.16. The summed E-state index contributed by atoms with van der Waals surface area (Å²) in [6.07, 6.45) is 4.00. The molecule has 2 heterocycles. The van der Waals surface area contributed by atoms with E-state index in [0.717, 1.165) is 45.6 Å². The van der Waals surface area contributed by atoms with E-state index in [-0.39, 0.29) is 6.61 Å². The van der Waals surface area contributed by atoms with Crippen LogP contribution in [-0.2, 0) is 13.1 Å². The van der Waals surface area contributed by atoms with Crippen LogP contribution in [0.25, 0.3) is 0 Å². The van der Waals surface area contributed by atoms with E-state index in [2.05, 4.69) is 40.5 Å². The molecule has 0 unspecified atom stereocenters. The molecule has 5 heteroatoms. The third kappa shape index (κ3) is 3.59. The molecule has 114 valence electrons. The van der Waals surface area contributed by atoms with Crippen LogP contribution in [0.3, 0.4) is 0 Å². The van der Waals surface area contributed by atoms with Gasteiger partial charge in [0.25, 0.3) is 0 Å². The second-order valence-corrected chi connectivity index (χ2v) is 5.86. The van der Waals surface area contributed by atoms with Gasteiger partial charge in [0, 0.05) is 56.6 Å². The van der Waals surface area contributed by atoms with E-state index in [0.29, 0.717) is 6.04 Å². The fourth-order valence-corrected chi connectivity index (χ4v) is 2.93. The largest absolute Gasteiger partial charge is 0.396 e. The van der Waals surface area contributed by atoms with Gasteiger partial charge in [-0.1, -0.05) is 6.92 Å². The lowest BCUT2D eigenvalue weighted by molar-refractivity contribution is 0.0742. The van der Waals surface area contributed by atoms with Gasteiger partial charge < -0.3 is 10.0 Å². The number of hydrogen-bond acceptors (Lipinski definition) is 4. The van der Waals surface area contributed by atoms with E-state index < -0.39 is 0 Å². The Kier molecular flexibility index (Phi) is 5.57. The summed E-state index contributed by atoms with van der Waals surface area (Å²) in [5.41, 5.74) is 2.63. The first-order valence-electron chi connectivity index (χ1n) is 7.70. The van der Waals surface area contributed by atoms with Crippen LogP contribution in [0.15, 0.2) is 6.20 Å². The molecule has 0 bridgehead atoms. The molecule has 20 heavy (non-hydrogen) atoms. The van der Waals surface area contributed by atoms with Gasteiger partial charge in [-0.05, 0) is 26.8 Å². The molecular weight excluding hydrogens is 252 g/mol. The normalized spacial score (nSPS) is 21.5. The highest BCUT2D eigenvalue weighted by molar-refractivity contribution is 5.16. The van der Waals surface area contributed by atoms with Gasteiger partial charge in [-0.3, -0.25) is 9.58 Å². The number of aliphatic hydroxyl groups is 1. The van der Waals surface area contributed by atoms with Gasteiger partial charge in [0.2, 0.25) is 0 Å². The topological polar surface area (TPSA) is 44.5 Å². The second kappa shape index (κ2) is 7.20. The predicted octanol–water partition coefficient (Wildman–Crippen LogP) is 1.10. The Morgan fingerprint density at radius 3 is 2.90 bits per heavy atom. The summed E-state index contributed by atoms with van der Waals surface area (Å²) in [5.74, 6) is 0. The zero-order valence-corrected chi connectivity index (χ0v) is 13.0. The SMILES string of the molecule is CCCn1ncc(CN2CCN(C)[C@H](CCO)C2)c1C. The Balaban J connectivity index is 1.96. The van der Waals surface area contributed by atoms with E-state index in [9.17, 15) is 0 Å². The maximum Gasteiger partial charge on any atom is 0.0537 e. The van der Waals surface area contributed by atoms with E-state index in [1.54, 1.807) is 0 Å². The quantitative estimate of drug-likeness (QED) is 0.847. The van der Waals surface area contributed by atoms with Crippen LogP contribution >= 0.6 is 0 Å². The van der Waals surface area contributed by atoms with Gasteiger partial charge in [0.15, 0.2) is 0 Å². The Bertz CT molecular complexity index is 418. The number of rotatable bonds is 6. The minimum absolute atomic E-state index is 0.274. The molecule has 1 aromatic heterocycles. The minimum atomic E-state index is 0.274. The van der Waals surface area contributed by atoms with Crippen LogP contribution in [0.1, 0.15) is 31.0 Å². The van der Waals surface area contributed by atoms with Crippen molar-refractivity contribution in [3.8, 4) is 0 Å². The van der Waals surface area contributed by atoms with E-state index >= 15 is 0 Å². The van der Waals surface area contributed by atoms with Crippen molar-refractivity contribution in [2.45, 2.75) is 45.8 Å². The van der Waals surface area contributed by atoms with E-state index in [1.807, 2.05) is 6.20 Å². The Morgan fingerprint density at radius 1 is 1.40 bits per heavy atom. The number of nitrogens with zero attached hydrogens (tertiary/aromatic N) is 4. The molecule has 1 fully saturated rings. The fraction of sp³-hybridized carbons (Fsp3) is 0.800. The Morgan fingerprint density at radius 2 is 2.20 bits per heavy atom. The van der Waals surface area contributed by atoms with Crippen LogP contribution in [0.2, 0.25) is 0 Å². The highest BCUT2D eigenvalue weighted by Gasteiger charge is 2.24. The van der Waals surface area contributed by atoms with Gasteiger partial charge in [-0.2, -0.15) is 5.10 Å². The number of aliphatic hydroxyl groups excluding tert-OH is 1. The van der Waals surface area contributed by atoms with Crippen molar-refractivity contribution >= 4 is 0 Å². The van der Waals surface area contributed by atoms with Crippen LogP contribution in [0, 0.1) is 6.92 Å². The van der Waals surface area contributed by atoms with Crippen LogP contribution in [0.4, 0.5) is 0 Å². The molecule has 1 aromatic rings. The standard InChI is InChI=1S/C15H28N4O/c1-4-6-19-13(2)14(10-16-19)11-18-8-7-17(3)15(12-18)5-9-20/h10,15,20H,4-9,11-12H2,1-3H3/t15-/m1/s1. The lowest BCUT2D eigenvalue weighted by Crippen LogP contribution is -2.51. The molecule has 0 amide bonds. The molecule has 5 nitrogen and oxygen atoms in total. The summed E-state index contributed by atoms with van der Waals surface area (Å²) in [7, 11) is 2.15. The van der Waals surface area contributed by atoms with E-state index in [4.69, 9.17) is 5.11 Å². The fourth-order valence-electron chi connectivity index (χ4n) is 2.93. The van der Waals surface area contributed by atoms with E-state index in [1.165, 1.54) is 11.3 Å². The number of piperazine rings is 1. The third-order valence-corrected chi connectivity index (χ3v) is 4.36. The van der Waals surface area contributed by atoms with Gasteiger partial charge in [0.05, 0.1) is 6.20 Å². The molecular formula is C15H28N4O. The molecule has 0 saturated carbocycles. The Labute approximate surface area is 122 Å². The number of aryl methyl sites for hydroxylation is 1. The molecule has 2 rings (SSSR count). The molecule has 1 atom stereocenters. The minimum Gasteiger partial charge on any atom is -0.396 e. The third-order valence-electron chi connectivity index (χ3n) is 4.36. The lowest BCUT2D eigenvalue weighted by Gasteiger charge is -2.39. The molecule has 0 aliphatic carbocycles. The highest BCUT2D eigenvalue weighted by Crippen LogP contribution is 2.16. The summed E-state index contributed by atoms with van der Waals surface area (Å²) >= 11 is 0. The van der Waals surface area contributed by atoms with Gasteiger partial charge in [-0.15, -0.1) is 0 Å². The Hall–Kier alpha value is -0.910. The smallest absolute Gasteiger partial charge is 0.0537 e. The number of likely N-dealkylation sites (N-methyl/N-ethyl adjacent to an activating group) is 1. The monoisotopic (exact) mass is 280 g/mol. The van der Waals surface area contributed by atoms with Crippen molar-refractivity contribution in [1.82, 2.24) is 19.6 Å². The number of hydrogen-bond donors (Lipinski definition) is 1. The van der Waals surface area contributed by atoms with Gasteiger partial charge in [-0.25, -0.2) is 0 Å². The molecule has 0 spiro atoms. The van der Waals surface area contributed by atoms with Crippen LogP contribution in [-0.4, -0.2) is 64.0 Å². The van der Waals surface area contributed by atoms with Crippen molar-refractivity contribution in [3.63, 3.8) is 0 Å². The summed E-state index contributed by atoms with van der Waals surface area (Å²) < 4.78 is 2.11. The first-order valence-corrected chi connectivity index (χ1v) is 7.70. The number of aromatic nitrogens is 2. The first kappa shape index (κ1) is 15.5. The van der Waals surface area contributed by atoms with Crippen molar-refractivity contribution in [2.75, 3.05) is 33.3 Å². The molecule has 0 aromatic carbocycles. The summed E-state index contributed by atoms with van der Waals surface area (Å²) in [5, 5.41) is 13.6. The van der Waals surface area contributed by atoms with Crippen LogP contribution in [0.5, 0.6) is 0 Å². The average Bonchev–Trinajstić information content (AvgIpc) is 2.76. The molecule has 0 radical (unpaired) electrons. The van der Waals surface area contributed by atoms with Crippen LogP contribution < -0.4 is 0 Å². The summed E-state index contributed by atoms with van der Waals surface area (Å²) in [4.78, 5) is 4.85. The second-order valence-electron chi connectivity index (χ2n) is 5.86. The summed E-state index contributed by atoms with van der Waals surface area (Å²) in [6, 6.07) is 0.472. The first-order chi connectivity index (χ1) is 9.65. The predicted molar refractivity (Wildman–Crippen MR) is 80.7 cm³/mol. The van der Waals surface area contributed by atoms with Gasteiger partial charge in [0.1, 0.15) is 0 Å². The molecule has 1 aliphatic rings. The summed E-state index contributed by atoms with van der Waals surface area (Å²) in [6.45, 7) is 9.81.